The maximum Gasteiger partial charge on any atom is 0.327 e. The minimum absolute atomic E-state index is 0.401. The summed E-state index contributed by atoms with van der Waals surface area (Å²) in [5.41, 5.74) is 0.499. The lowest BCUT2D eigenvalue weighted by atomic mass is 10.2. The molecule has 114 valence electrons. The molecule has 6 nitrogen and oxygen atoms in total. The predicted octanol–water partition coefficient (Wildman–Crippen LogP) is 2.49. The number of hydrogen-bond donors (Lipinski definition) is 2. The van der Waals surface area contributed by atoms with Gasteiger partial charge in [-0.25, -0.2) is 9.59 Å². The number of nitrogens with zero attached hydrogens (tertiary/aromatic N) is 1. The topological polar surface area (TPSA) is 78.9 Å². The molecule has 8 heteroatoms. The standard InChI is InChI=1S/C13H15BrN2O4S/c1-20-11-3-2-8(14)6-9(11)15-13(19)16-4-5-21-7-10(16)12(17)18/h2-3,6,10H,4-5,7H2,1H3,(H,15,19)(H,17,18). The molecule has 1 aliphatic rings. The smallest absolute Gasteiger partial charge is 0.327 e. The normalized spacial score (nSPS) is 18.2. The molecule has 2 rings (SSSR count). The summed E-state index contributed by atoms with van der Waals surface area (Å²) >= 11 is 4.86. The number of carboxylic acids is 1. The van der Waals surface area contributed by atoms with Gasteiger partial charge in [0.15, 0.2) is 0 Å². The van der Waals surface area contributed by atoms with E-state index in [0.717, 1.165) is 10.2 Å². The number of aliphatic carboxylic acids is 1. The van der Waals surface area contributed by atoms with Crippen LogP contribution in [0.25, 0.3) is 0 Å². The molecule has 21 heavy (non-hydrogen) atoms. The summed E-state index contributed by atoms with van der Waals surface area (Å²) in [5.74, 6) is 0.661. The molecule has 0 bridgehead atoms. The van der Waals surface area contributed by atoms with Crippen LogP contribution in [0.2, 0.25) is 0 Å². The van der Waals surface area contributed by atoms with Crippen LogP contribution in [0, 0.1) is 0 Å². The molecule has 0 spiro atoms. The van der Waals surface area contributed by atoms with Crippen molar-refractivity contribution in [3.05, 3.63) is 22.7 Å². The first-order chi connectivity index (χ1) is 10.0. The Labute approximate surface area is 135 Å². The minimum Gasteiger partial charge on any atom is -0.495 e. The highest BCUT2D eigenvalue weighted by Gasteiger charge is 2.32. The molecule has 1 atom stereocenters. The Balaban J connectivity index is 2.16. The van der Waals surface area contributed by atoms with E-state index < -0.39 is 18.0 Å². The van der Waals surface area contributed by atoms with E-state index in [-0.39, 0.29) is 0 Å². The summed E-state index contributed by atoms with van der Waals surface area (Å²) in [6, 6.07) is 4.00. The van der Waals surface area contributed by atoms with Crippen LogP contribution in [-0.4, -0.2) is 53.2 Å². The van der Waals surface area contributed by atoms with Crippen molar-refractivity contribution in [3.8, 4) is 5.75 Å². The number of amides is 2. The van der Waals surface area contributed by atoms with Crippen LogP contribution in [0.3, 0.4) is 0 Å². The third kappa shape index (κ3) is 3.82. The monoisotopic (exact) mass is 374 g/mol. The minimum atomic E-state index is -0.987. The Morgan fingerprint density at radius 1 is 1.52 bits per heavy atom. The van der Waals surface area contributed by atoms with Crippen LogP contribution in [0.1, 0.15) is 0 Å². The van der Waals surface area contributed by atoms with E-state index in [4.69, 9.17) is 4.74 Å². The maximum atomic E-state index is 12.3. The van der Waals surface area contributed by atoms with E-state index in [1.54, 1.807) is 18.2 Å². The molecule has 1 heterocycles. The van der Waals surface area contributed by atoms with Gasteiger partial charge in [-0.3, -0.25) is 0 Å². The molecule has 0 saturated carbocycles. The average molecular weight is 375 g/mol. The molecule has 1 fully saturated rings. The van der Waals surface area contributed by atoms with Gasteiger partial charge in [0, 0.05) is 22.5 Å². The van der Waals surface area contributed by atoms with Gasteiger partial charge in [0.25, 0.3) is 0 Å². The molecule has 0 radical (unpaired) electrons. The Hall–Kier alpha value is -1.41. The summed E-state index contributed by atoms with van der Waals surface area (Å²) in [6.45, 7) is 0.407. The van der Waals surface area contributed by atoms with Gasteiger partial charge in [-0.2, -0.15) is 11.8 Å². The average Bonchev–Trinajstić information content (AvgIpc) is 2.47. The third-order valence-electron chi connectivity index (χ3n) is 3.08. The van der Waals surface area contributed by atoms with Gasteiger partial charge < -0.3 is 20.1 Å². The number of nitrogens with one attached hydrogen (secondary N) is 1. The lowest BCUT2D eigenvalue weighted by Gasteiger charge is -2.32. The quantitative estimate of drug-likeness (QED) is 0.849. The Morgan fingerprint density at radius 2 is 2.29 bits per heavy atom. The summed E-state index contributed by atoms with van der Waals surface area (Å²) < 4.78 is 5.98. The summed E-state index contributed by atoms with van der Waals surface area (Å²) in [6.07, 6.45) is 0. The Kier molecular flexibility index (Phi) is 5.35. The number of carboxylic acid groups (broad SMARTS) is 1. The van der Waals surface area contributed by atoms with E-state index in [1.807, 2.05) is 0 Å². The SMILES string of the molecule is COc1ccc(Br)cc1NC(=O)N1CCSCC1C(=O)O. The highest BCUT2D eigenvalue weighted by Crippen LogP contribution is 2.28. The molecule has 1 unspecified atom stereocenters. The van der Waals surface area contributed by atoms with Crippen LogP contribution >= 0.6 is 27.7 Å². The molecule has 1 aromatic rings. The van der Waals surface area contributed by atoms with Crippen LogP contribution in [-0.2, 0) is 4.79 Å². The summed E-state index contributed by atoms with van der Waals surface area (Å²) in [4.78, 5) is 24.9. The van der Waals surface area contributed by atoms with Gasteiger partial charge in [0.1, 0.15) is 11.8 Å². The highest BCUT2D eigenvalue weighted by molar-refractivity contribution is 9.10. The van der Waals surface area contributed by atoms with Crippen molar-refractivity contribution in [2.45, 2.75) is 6.04 Å². The van der Waals surface area contributed by atoms with Crippen molar-refractivity contribution in [2.24, 2.45) is 0 Å². The lowest BCUT2D eigenvalue weighted by molar-refractivity contribution is -0.141. The van der Waals surface area contributed by atoms with Crippen LogP contribution in [0.4, 0.5) is 10.5 Å². The van der Waals surface area contributed by atoms with Crippen LogP contribution in [0.15, 0.2) is 22.7 Å². The summed E-state index contributed by atoms with van der Waals surface area (Å²) in [5, 5.41) is 11.9. The number of urea groups is 1. The van der Waals surface area contributed by atoms with Gasteiger partial charge in [0.2, 0.25) is 0 Å². The molecule has 1 saturated heterocycles. The zero-order valence-electron chi connectivity index (χ0n) is 11.3. The highest BCUT2D eigenvalue weighted by atomic mass is 79.9. The number of methoxy groups -OCH3 is 1. The molecule has 2 amide bonds. The van der Waals surface area contributed by atoms with Crippen molar-refractivity contribution >= 4 is 45.4 Å². The molecule has 2 N–H and O–H groups in total. The second-order valence-corrected chi connectivity index (χ2v) is 6.46. The molecule has 1 aliphatic heterocycles. The fourth-order valence-electron chi connectivity index (χ4n) is 2.02. The first kappa shape index (κ1) is 16.0. The number of thioether (sulfide) groups is 1. The predicted molar refractivity (Wildman–Crippen MR) is 85.2 cm³/mol. The van der Waals surface area contributed by atoms with E-state index in [0.29, 0.717) is 23.7 Å². The van der Waals surface area contributed by atoms with Crippen molar-refractivity contribution in [3.63, 3.8) is 0 Å². The fraction of sp³-hybridized carbons (Fsp3) is 0.385. The number of carbonyl (C=O) groups is 2. The molecule has 0 aromatic heterocycles. The first-order valence-corrected chi connectivity index (χ1v) is 8.19. The number of anilines is 1. The van der Waals surface area contributed by atoms with Crippen molar-refractivity contribution in [2.75, 3.05) is 30.5 Å². The van der Waals surface area contributed by atoms with Crippen molar-refractivity contribution < 1.29 is 19.4 Å². The number of ether oxygens (including phenoxy) is 1. The lowest BCUT2D eigenvalue weighted by Crippen LogP contribution is -2.51. The van der Waals surface area contributed by atoms with Crippen molar-refractivity contribution in [1.82, 2.24) is 4.90 Å². The van der Waals surface area contributed by atoms with Gasteiger partial charge >= 0.3 is 12.0 Å². The first-order valence-electron chi connectivity index (χ1n) is 6.24. The van der Waals surface area contributed by atoms with Crippen molar-refractivity contribution in [1.29, 1.82) is 0 Å². The van der Waals surface area contributed by atoms with E-state index in [9.17, 15) is 14.7 Å². The van der Waals surface area contributed by atoms with E-state index in [1.165, 1.54) is 23.8 Å². The Morgan fingerprint density at radius 3 is 2.95 bits per heavy atom. The number of hydrogen-bond acceptors (Lipinski definition) is 4. The van der Waals surface area contributed by atoms with Gasteiger partial charge in [-0.1, -0.05) is 15.9 Å². The molecular weight excluding hydrogens is 360 g/mol. The Bertz CT molecular complexity index is 555. The van der Waals surface area contributed by atoms with E-state index in [2.05, 4.69) is 21.2 Å². The summed E-state index contributed by atoms with van der Waals surface area (Å²) in [7, 11) is 1.51. The second-order valence-electron chi connectivity index (χ2n) is 4.40. The number of benzene rings is 1. The molecule has 1 aromatic carbocycles. The third-order valence-corrected chi connectivity index (χ3v) is 4.59. The van der Waals surface area contributed by atoms with Crippen LogP contribution < -0.4 is 10.1 Å². The van der Waals surface area contributed by atoms with Crippen LogP contribution in [0.5, 0.6) is 5.75 Å². The fourth-order valence-corrected chi connectivity index (χ4v) is 3.42. The van der Waals surface area contributed by atoms with E-state index >= 15 is 0 Å². The molecule has 0 aliphatic carbocycles. The number of halogens is 1. The van der Waals surface area contributed by atoms with Gasteiger partial charge in [-0.15, -0.1) is 0 Å². The zero-order valence-corrected chi connectivity index (χ0v) is 13.7. The second kappa shape index (κ2) is 7.04. The number of carbonyl (C=O) groups excluding carboxylic acids is 1. The number of rotatable bonds is 3. The van der Waals surface area contributed by atoms with Gasteiger partial charge in [-0.05, 0) is 18.2 Å². The zero-order chi connectivity index (χ0) is 15.4. The largest absolute Gasteiger partial charge is 0.495 e. The van der Waals surface area contributed by atoms with Gasteiger partial charge in [0.05, 0.1) is 12.8 Å². The maximum absolute atomic E-state index is 12.3. The molecular formula is C13H15BrN2O4S.